The first-order valence-electron chi connectivity index (χ1n) is 19.5. The predicted octanol–water partition coefficient (Wildman–Crippen LogP) is 11.9. The number of carbonyl (C=O) groups is 2. The molecule has 0 bridgehead atoms. The molecule has 0 aliphatic rings. The van der Waals surface area contributed by atoms with Gasteiger partial charge in [-0.3, -0.25) is 9.97 Å². The Kier molecular flexibility index (Phi) is 9.07. The van der Waals surface area contributed by atoms with E-state index in [-0.39, 0.29) is 0 Å². The van der Waals surface area contributed by atoms with E-state index in [2.05, 4.69) is 9.97 Å². The number of aryl methyl sites for hydroxylation is 2. The van der Waals surface area contributed by atoms with Crippen molar-refractivity contribution < 1.29 is 19.1 Å². The quantitative estimate of drug-likeness (QED) is 0.0895. The van der Waals surface area contributed by atoms with Gasteiger partial charge in [-0.05, 0) is 110 Å². The van der Waals surface area contributed by atoms with Gasteiger partial charge in [0.25, 0.3) is 0 Å². The summed E-state index contributed by atoms with van der Waals surface area (Å²) in [6.45, 7) is 3.83. The number of benzene rings is 6. The molecule has 0 aliphatic carbocycles. The van der Waals surface area contributed by atoms with E-state index in [1.807, 2.05) is 135 Å². The Morgan fingerprint density at radius 1 is 0.400 bits per heavy atom. The van der Waals surface area contributed by atoms with Gasteiger partial charge in [0, 0.05) is 56.2 Å². The molecule has 60 heavy (non-hydrogen) atoms. The standard InChI is InChI=1S/C52H34N4O4/c1-31-7-3-11-41(51(57)59-39-23-17-33(18-24-39)43-27-21-37-15-13-35-9-5-29-53-47(35)49(37)55-43)45(31)46-32(2)8-4-12-42(46)52(58)60-40-25-19-34(20-26-40)44-28-22-38-16-14-36-10-6-30-54-48(36)50(38)56-44/h3-30H,1-2H3. The molecule has 4 aromatic heterocycles. The highest BCUT2D eigenvalue weighted by Crippen LogP contribution is 2.36. The van der Waals surface area contributed by atoms with E-state index in [1.54, 1.807) is 48.8 Å². The van der Waals surface area contributed by atoms with Crippen LogP contribution in [0.4, 0.5) is 0 Å². The summed E-state index contributed by atoms with van der Waals surface area (Å²) in [6.07, 6.45) is 3.55. The lowest BCUT2D eigenvalue weighted by Gasteiger charge is -2.18. The summed E-state index contributed by atoms with van der Waals surface area (Å²) in [6, 6.07) is 49.5. The van der Waals surface area contributed by atoms with E-state index in [0.29, 0.717) is 33.8 Å². The summed E-state index contributed by atoms with van der Waals surface area (Å²) in [5.41, 5.74) is 10.1. The Labute approximate surface area is 344 Å². The van der Waals surface area contributed by atoms with Crippen LogP contribution in [0, 0.1) is 13.8 Å². The molecule has 8 nitrogen and oxygen atoms in total. The number of hydrogen-bond acceptors (Lipinski definition) is 8. The van der Waals surface area contributed by atoms with Crippen LogP contribution in [0.15, 0.2) is 170 Å². The number of nitrogens with zero attached hydrogens (tertiary/aromatic N) is 4. The number of pyridine rings is 4. The van der Waals surface area contributed by atoms with Crippen LogP contribution in [0.3, 0.4) is 0 Å². The van der Waals surface area contributed by atoms with Gasteiger partial charge in [0.1, 0.15) is 11.5 Å². The molecule has 10 aromatic rings. The number of esters is 2. The zero-order valence-corrected chi connectivity index (χ0v) is 32.6. The van der Waals surface area contributed by atoms with Gasteiger partial charge in [0.15, 0.2) is 0 Å². The smallest absolute Gasteiger partial charge is 0.344 e. The summed E-state index contributed by atoms with van der Waals surface area (Å²) in [7, 11) is 0. The van der Waals surface area contributed by atoms with Crippen LogP contribution in [0.5, 0.6) is 11.5 Å². The molecule has 0 spiro atoms. The van der Waals surface area contributed by atoms with Crippen molar-refractivity contribution in [1.82, 2.24) is 19.9 Å². The minimum atomic E-state index is -0.549. The lowest BCUT2D eigenvalue weighted by molar-refractivity contribution is 0.0723. The van der Waals surface area contributed by atoms with Crippen LogP contribution in [-0.4, -0.2) is 31.9 Å². The van der Waals surface area contributed by atoms with Crippen molar-refractivity contribution in [2.45, 2.75) is 13.8 Å². The predicted molar refractivity (Wildman–Crippen MR) is 236 cm³/mol. The second-order valence-electron chi connectivity index (χ2n) is 14.6. The van der Waals surface area contributed by atoms with Crippen LogP contribution in [-0.2, 0) is 0 Å². The van der Waals surface area contributed by atoms with Gasteiger partial charge in [0.05, 0.1) is 44.6 Å². The van der Waals surface area contributed by atoms with E-state index in [1.165, 1.54) is 0 Å². The first-order chi connectivity index (χ1) is 29.4. The number of carbonyl (C=O) groups excluding carboxylic acids is 2. The molecule has 6 aromatic carbocycles. The molecule has 4 heterocycles. The fourth-order valence-corrected chi connectivity index (χ4v) is 7.82. The van der Waals surface area contributed by atoms with Gasteiger partial charge < -0.3 is 9.47 Å². The molecule has 8 heteroatoms. The topological polar surface area (TPSA) is 104 Å². The van der Waals surface area contributed by atoms with Crippen molar-refractivity contribution >= 4 is 55.6 Å². The fraction of sp³-hybridized carbons (Fsp3) is 0.0385. The van der Waals surface area contributed by atoms with Crippen molar-refractivity contribution in [3.63, 3.8) is 0 Å². The zero-order chi connectivity index (χ0) is 40.7. The Balaban J connectivity index is 0.900. The van der Waals surface area contributed by atoms with Crippen LogP contribution in [0.25, 0.3) is 77.3 Å². The first kappa shape index (κ1) is 36.3. The molecular formula is C52H34N4O4. The second kappa shape index (κ2) is 15.0. The summed E-state index contributed by atoms with van der Waals surface area (Å²) in [4.78, 5) is 47.0. The third kappa shape index (κ3) is 6.66. The fourth-order valence-electron chi connectivity index (χ4n) is 7.82. The monoisotopic (exact) mass is 778 g/mol. The number of ether oxygens (including phenoxy) is 2. The normalized spacial score (nSPS) is 11.3. The van der Waals surface area contributed by atoms with Crippen molar-refractivity contribution in [2.24, 2.45) is 0 Å². The van der Waals surface area contributed by atoms with E-state index in [4.69, 9.17) is 19.4 Å². The van der Waals surface area contributed by atoms with Crippen molar-refractivity contribution in [1.29, 1.82) is 0 Å². The van der Waals surface area contributed by atoms with Gasteiger partial charge in [0.2, 0.25) is 0 Å². The van der Waals surface area contributed by atoms with E-state index in [0.717, 1.165) is 77.3 Å². The highest BCUT2D eigenvalue weighted by molar-refractivity contribution is 6.07. The number of fused-ring (bicyclic) bond motifs is 6. The van der Waals surface area contributed by atoms with E-state index >= 15 is 0 Å². The third-order valence-electron chi connectivity index (χ3n) is 10.8. The van der Waals surface area contributed by atoms with Crippen LogP contribution >= 0.6 is 0 Å². The van der Waals surface area contributed by atoms with Crippen LogP contribution in [0.1, 0.15) is 31.8 Å². The van der Waals surface area contributed by atoms with Crippen molar-refractivity contribution in [2.75, 3.05) is 0 Å². The SMILES string of the molecule is Cc1cccc(C(=O)Oc2ccc(-c3ccc4ccc5cccnc5c4n3)cc2)c1-c1c(C)cccc1C(=O)Oc1ccc(-c2ccc3ccc4cccnc4c3n2)cc1. The average Bonchev–Trinajstić information content (AvgIpc) is 3.29. The van der Waals surface area contributed by atoms with E-state index < -0.39 is 11.9 Å². The minimum Gasteiger partial charge on any atom is -0.423 e. The lowest BCUT2D eigenvalue weighted by atomic mass is 9.88. The summed E-state index contributed by atoms with van der Waals surface area (Å²) >= 11 is 0. The molecule has 0 aliphatic heterocycles. The Morgan fingerprint density at radius 3 is 1.20 bits per heavy atom. The highest BCUT2D eigenvalue weighted by atomic mass is 16.5. The maximum absolute atomic E-state index is 14.0. The molecule has 0 saturated carbocycles. The summed E-state index contributed by atoms with van der Waals surface area (Å²) in [5.74, 6) is -0.346. The zero-order valence-electron chi connectivity index (χ0n) is 32.6. The number of hydrogen-bond donors (Lipinski definition) is 0. The van der Waals surface area contributed by atoms with Crippen LogP contribution in [0.2, 0.25) is 0 Å². The first-order valence-corrected chi connectivity index (χ1v) is 19.5. The molecule has 0 atom stereocenters. The Morgan fingerprint density at radius 2 is 0.783 bits per heavy atom. The number of aromatic nitrogens is 4. The molecule has 0 fully saturated rings. The van der Waals surface area contributed by atoms with Crippen molar-refractivity contribution in [3.8, 4) is 45.1 Å². The Hall–Kier alpha value is -8.10. The maximum atomic E-state index is 14.0. The van der Waals surface area contributed by atoms with Crippen molar-refractivity contribution in [3.05, 3.63) is 192 Å². The summed E-state index contributed by atoms with van der Waals surface area (Å²) < 4.78 is 11.9. The van der Waals surface area contributed by atoms with Gasteiger partial charge in [-0.1, -0.05) is 72.8 Å². The van der Waals surface area contributed by atoms with Gasteiger partial charge in [-0.2, -0.15) is 0 Å². The third-order valence-corrected chi connectivity index (χ3v) is 10.8. The number of rotatable bonds is 7. The highest BCUT2D eigenvalue weighted by Gasteiger charge is 2.24. The molecule has 286 valence electrons. The molecule has 0 amide bonds. The van der Waals surface area contributed by atoms with Gasteiger partial charge in [-0.25, -0.2) is 19.6 Å². The minimum absolute atomic E-state index is 0.327. The van der Waals surface area contributed by atoms with Crippen LogP contribution < -0.4 is 9.47 Å². The van der Waals surface area contributed by atoms with E-state index in [9.17, 15) is 9.59 Å². The largest absolute Gasteiger partial charge is 0.423 e. The molecule has 0 N–H and O–H groups in total. The second-order valence-corrected chi connectivity index (χ2v) is 14.6. The maximum Gasteiger partial charge on any atom is 0.344 e. The molecule has 0 saturated heterocycles. The summed E-state index contributed by atoms with van der Waals surface area (Å²) in [5, 5.41) is 4.06. The molecule has 0 unspecified atom stereocenters. The average molecular weight is 779 g/mol. The molecule has 10 rings (SSSR count). The lowest BCUT2D eigenvalue weighted by Crippen LogP contribution is -2.14. The Bertz CT molecular complexity index is 3100. The van der Waals surface area contributed by atoms with Gasteiger partial charge >= 0.3 is 11.9 Å². The molecular weight excluding hydrogens is 745 g/mol. The molecule has 0 radical (unpaired) electrons. The van der Waals surface area contributed by atoms with Gasteiger partial charge in [-0.15, -0.1) is 0 Å².